The predicted octanol–water partition coefficient (Wildman–Crippen LogP) is 2.44. The zero-order valence-electron chi connectivity index (χ0n) is 15.2. The first kappa shape index (κ1) is 17.7. The van der Waals surface area contributed by atoms with Gasteiger partial charge >= 0.3 is 0 Å². The molecule has 0 spiro atoms. The van der Waals surface area contributed by atoms with Gasteiger partial charge in [-0.1, -0.05) is 13.8 Å². The Morgan fingerprint density at radius 3 is 2.00 bits per heavy atom. The standard InChI is InChI=1S/C18H35N3O/c1-14(2)17(19(5)15(3)4)18(22)21-12-8-16(9-13-21)20-10-6-7-11-20/h14-17H,6-13H2,1-5H3. The molecule has 1 unspecified atom stereocenters. The number of rotatable bonds is 5. The maximum atomic E-state index is 13.0. The second kappa shape index (κ2) is 7.78. The molecule has 0 bridgehead atoms. The van der Waals surface area contributed by atoms with Crippen LogP contribution in [0.25, 0.3) is 0 Å². The lowest BCUT2D eigenvalue weighted by atomic mass is 9.97. The third-order valence-electron chi connectivity index (χ3n) is 5.57. The highest BCUT2D eigenvalue weighted by molar-refractivity contribution is 5.82. The van der Waals surface area contributed by atoms with Crippen LogP contribution in [0.1, 0.15) is 53.4 Å². The number of carbonyl (C=O) groups is 1. The fraction of sp³-hybridized carbons (Fsp3) is 0.944. The predicted molar refractivity (Wildman–Crippen MR) is 91.9 cm³/mol. The molecule has 1 amide bonds. The number of nitrogens with zero attached hydrogens (tertiary/aromatic N) is 3. The molecule has 2 saturated heterocycles. The van der Waals surface area contributed by atoms with Crippen molar-refractivity contribution in [1.29, 1.82) is 0 Å². The molecule has 128 valence electrons. The van der Waals surface area contributed by atoms with E-state index in [1.807, 2.05) is 0 Å². The number of likely N-dealkylation sites (N-methyl/N-ethyl adjacent to an activating group) is 1. The molecule has 2 heterocycles. The van der Waals surface area contributed by atoms with Crippen molar-refractivity contribution in [3.05, 3.63) is 0 Å². The van der Waals surface area contributed by atoms with Crippen molar-refractivity contribution in [2.24, 2.45) is 5.92 Å². The minimum atomic E-state index is 0.0170. The molecular formula is C18H35N3O. The smallest absolute Gasteiger partial charge is 0.240 e. The topological polar surface area (TPSA) is 26.8 Å². The summed E-state index contributed by atoms with van der Waals surface area (Å²) in [4.78, 5) is 20.0. The molecule has 0 radical (unpaired) electrons. The lowest BCUT2D eigenvalue weighted by Crippen LogP contribution is -2.55. The summed E-state index contributed by atoms with van der Waals surface area (Å²) in [6.07, 6.45) is 5.02. The largest absolute Gasteiger partial charge is 0.341 e. The van der Waals surface area contributed by atoms with Gasteiger partial charge in [-0.15, -0.1) is 0 Å². The molecule has 22 heavy (non-hydrogen) atoms. The second-order valence-corrected chi connectivity index (χ2v) is 7.75. The first-order valence-corrected chi connectivity index (χ1v) is 9.16. The van der Waals surface area contributed by atoms with E-state index in [0.717, 1.165) is 25.9 Å². The quantitative estimate of drug-likeness (QED) is 0.780. The van der Waals surface area contributed by atoms with E-state index in [-0.39, 0.29) is 6.04 Å². The monoisotopic (exact) mass is 309 g/mol. The minimum Gasteiger partial charge on any atom is -0.341 e. The SMILES string of the molecule is CC(C)C(C(=O)N1CCC(N2CCCC2)CC1)N(C)C(C)C. The molecule has 4 heteroatoms. The van der Waals surface area contributed by atoms with E-state index >= 15 is 0 Å². The van der Waals surface area contributed by atoms with Gasteiger partial charge in [0.1, 0.15) is 0 Å². The molecular weight excluding hydrogens is 274 g/mol. The molecule has 0 aromatic carbocycles. The molecule has 0 N–H and O–H groups in total. The normalized spacial score (nSPS) is 23.0. The Morgan fingerprint density at radius 1 is 1.00 bits per heavy atom. The van der Waals surface area contributed by atoms with Crippen molar-refractivity contribution in [2.75, 3.05) is 33.2 Å². The summed E-state index contributed by atoms with van der Waals surface area (Å²) in [5.74, 6) is 0.697. The van der Waals surface area contributed by atoms with Gasteiger partial charge in [-0.05, 0) is 65.6 Å². The van der Waals surface area contributed by atoms with Gasteiger partial charge in [-0.3, -0.25) is 9.69 Å². The summed E-state index contributed by atoms with van der Waals surface area (Å²) < 4.78 is 0. The Balaban J connectivity index is 1.92. The molecule has 0 aromatic rings. The minimum absolute atomic E-state index is 0.0170. The van der Waals surface area contributed by atoms with Gasteiger partial charge in [-0.25, -0.2) is 0 Å². The fourth-order valence-electron chi connectivity index (χ4n) is 4.00. The Labute approximate surface area is 136 Å². The van der Waals surface area contributed by atoms with Crippen molar-refractivity contribution in [3.63, 3.8) is 0 Å². The number of hydrogen-bond acceptors (Lipinski definition) is 3. The summed E-state index contributed by atoms with van der Waals surface area (Å²) in [6.45, 7) is 13.1. The summed E-state index contributed by atoms with van der Waals surface area (Å²) in [5, 5.41) is 0. The van der Waals surface area contributed by atoms with Crippen LogP contribution >= 0.6 is 0 Å². The summed E-state index contributed by atoms with van der Waals surface area (Å²) in [5.41, 5.74) is 0. The van der Waals surface area contributed by atoms with E-state index in [1.165, 1.54) is 25.9 Å². The van der Waals surface area contributed by atoms with Gasteiger partial charge in [0.15, 0.2) is 0 Å². The highest BCUT2D eigenvalue weighted by Gasteiger charge is 2.34. The number of amides is 1. The average molecular weight is 309 g/mol. The zero-order chi connectivity index (χ0) is 16.3. The molecule has 2 rings (SSSR count). The van der Waals surface area contributed by atoms with Gasteiger partial charge in [0.05, 0.1) is 6.04 Å². The van der Waals surface area contributed by atoms with E-state index < -0.39 is 0 Å². The molecule has 2 aliphatic heterocycles. The maximum absolute atomic E-state index is 13.0. The first-order valence-electron chi connectivity index (χ1n) is 9.16. The van der Waals surface area contributed by atoms with Gasteiger partial charge in [0, 0.05) is 25.2 Å². The highest BCUT2D eigenvalue weighted by Crippen LogP contribution is 2.23. The number of piperidine rings is 1. The molecule has 2 aliphatic rings. The molecule has 4 nitrogen and oxygen atoms in total. The van der Waals surface area contributed by atoms with Crippen molar-refractivity contribution < 1.29 is 4.79 Å². The first-order chi connectivity index (χ1) is 10.4. The van der Waals surface area contributed by atoms with Gasteiger partial charge < -0.3 is 9.80 Å². The number of likely N-dealkylation sites (tertiary alicyclic amines) is 2. The van der Waals surface area contributed by atoms with Crippen molar-refractivity contribution in [2.45, 2.75) is 71.5 Å². The third-order valence-corrected chi connectivity index (χ3v) is 5.57. The van der Waals surface area contributed by atoms with Crippen LogP contribution in [0.2, 0.25) is 0 Å². The molecule has 0 saturated carbocycles. The highest BCUT2D eigenvalue weighted by atomic mass is 16.2. The summed E-state index contributed by atoms with van der Waals surface area (Å²) in [6, 6.07) is 1.13. The van der Waals surface area contributed by atoms with Gasteiger partial charge in [0.25, 0.3) is 0 Å². The lowest BCUT2D eigenvalue weighted by molar-refractivity contribution is -0.140. The second-order valence-electron chi connectivity index (χ2n) is 7.75. The van der Waals surface area contributed by atoms with Crippen molar-refractivity contribution in [1.82, 2.24) is 14.7 Å². The zero-order valence-corrected chi connectivity index (χ0v) is 15.2. The molecule has 1 atom stereocenters. The van der Waals surface area contributed by atoms with E-state index in [4.69, 9.17) is 0 Å². The number of carbonyl (C=O) groups excluding carboxylic acids is 1. The van der Waals surface area contributed by atoms with Crippen molar-refractivity contribution >= 4 is 5.91 Å². The molecule has 2 fully saturated rings. The van der Waals surface area contributed by atoms with Crippen LogP contribution in [0.4, 0.5) is 0 Å². The van der Waals surface area contributed by atoms with Crippen LogP contribution < -0.4 is 0 Å². The maximum Gasteiger partial charge on any atom is 0.240 e. The van der Waals surface area contributed by atoms with Crippen LogP contribution in [0, 0.1) is 5.92 Å². The van der Waals surface area contributed by atoms with E-state index in [1.54, 1.807) is 0 Å². The lowest BCUT2D eigenvalue weighted by Gasteiger charge is -2.41. The van der Waals surface area contributed by atoms with Crippen LogP contribution in [0.5, 0.6) is 0 Å². The van der Waals surface area contributed by atoms with Crippen molar-refractivity contribution in [3.8, 4) is 0 Å². The summed E-state index contributed by atoms with van der Waals surface area (Å²) in [7, 11) is 2.09. The van der Waals surface area contributed by atoms with E-state index in [0.29, 0.717) is 23.9 Å². The third kappa shape index (κ3) is 4.02. The number of hydrogen-bond donors (Lipinski definition) is 0. The van der Waals surface area contributed by atoms with Crippen LogP contribution in [0.15, 0.2) is 0 Å². The molecule has 0 aromatic heterocycles. The average Bonchev–Trinajstić information content (AvgIpc) is 3.01. The Morgan fingerprint density at radius 2 is 1.55 bits per heavy atom. The van der Waals surface area contributed by atoms with E-state index in [2.05, 4.69) is 49.4 Å². The van der Waals surface area contributed by atoms with Gasteiger partial charge in [0.2, 0.25) is 5.91 Å². The summed E-state index contributed by atoms with van der Waals surface area (Å²) >= 11 is 0. The van der Waals surface area contributed by atoms with Crippen LogP contribution in [-0.2, 0) is 4.79 Å². The Kier molecular flexibility index (Phi) is 6.27. The molecule has 0 aliphatic carbocycles. The van der Waals surface area contributed by atoms with Gasteiger partial charge in [-0.2, -0.15) is 0 Å². The van der Waals surface area contributed by atoms with Crippen LogP contribution in [-0.4, -0.2) is 72.0 Å². The fourth-order valence-corrected chi connectivity index (χ4v) is 4.00. The Bertz CT molecular complexity index is 355. The Hall–Kier alpha value is -0.610. The van der Waals surface area contributed by atoms with Crippen LogP contribution in [0.3, 0.4) is 0 Å². The van der Waals surface area contributed by atoms with E-state index in [9.17, 15) is 4.79 Å².